The number of hydrogen-bond donors (Lipinski definition) is 1. The quantitative estimate of drug-likeness (QED) is 0.142. The smallest absolute Gasteiger partial charge is 0.157 e. The van der Waals surface area contributed by atoms with E-state index in [1.807, 2.05) is 42.5 Å². The summed E-state index contributed by atoms with van der Waals surface area (Å²) in [5.41, 5.74) is 15.2. The predicted molar refractivity (Wildman–Crippen MR) is 233 cm³/mol. The van der Waals surface area contributed by atoms with Crippen LogP contribution in [0.2, 0.25) is 0 Å². The molecule has 0 spiro atoms. The fraction of sp³-hybridized carbons (Fsp3) is 0.0196. The molecular formula is C51H33N3O2. The molecule has 9 aromatic carbocycles. The maximum atomic E-state index is 6.76. The number of nitrogens with zero attached hydrogens (tertiary/aromatic N) is 2. The second-order valence-corrected chi connectivity index (χ2v) is 14.3. The van der Waals surface area contributed by atoms with Crippen molar-refractivity contribution < 1.29 is 8.83 Å². The van der Waals surface area contributed by atoms with Gasteiger partial charge in [-0.3, -0.25) is 4.99 Å². The first-order chi connectivity index (χ1) is 27.6. The Balaban J connectivity index is 1.02. The Morgan fingerprint density at radius 1 is 0.429 bits per heavy atom. The fourth-order valence-electron chi connectivity index (χ4n) is 8.15. The average molecular weight is 720 g/mol. The van der Waals surface area contributed by atoms with Crippen LogP contribution in [-0.2, 0) is 6.54 Å². The Bertz CT molecular complexity index is 3420. The maximum Gasteiger partial charge on any atom is 0.157 e. The first-order valence-electron chi connectivity index (χ1n) is 18.8. The van der Waals surface area contributed by atoms with Crippen molar-refractivity contribution >= 4 is 87.9 Å². The Labute approximate surface area is 321 Å². The van der Waals surface area contributed by atoms with Crippen LogP contribution in [0.15, 0.2) is 195 Å². The van der Waals surface area contributed by atoms with Crippen LogP contribution in [0.25, 0.3) is 87.3 Å². The molecule has 0 saturated carbocycles. The van der Waals surface area contributed by atoms with Crippen LogP contribution in [0, 0.1) is 0 Å². The number of furan rings is 2. The minimum atomic E-state index is 0.382. The molecule has 0 unspecified atom stereocenters. The number of amidine groups is 2. The fourth-order valence-corrected chi connectivity index (χ4v) is 8.15. The lowest BCUT2D eigenvalue weighted by atomic mass is 9.98. The summed E-state index contributed by atoms with van der Waals surface area (Å²) < 4.78 is 12.7. The standard InChI is InChI=1S/C51H33N3O2/c52-50(38-18-16-31-8-1-3-11-34(31)26-38)54-51(39-19-17-32-9-2-4-12-35(32)27-39)53-30-40-13-7-15-46-48(40)42-28-36(21-23-44(42)55-46)37-22-24-45-43(29-37)49-41-14-6-5-10-33(41)20-25-47(49)56-45/h1-29H,30H2,(H2,52,53,54). The molecule has 11 aromatic rings. The summed E-state index contributed by atoms with van der Waals surface area (Å²) >= 11 is 0. The van der Waals surface area contributed by atoms with E-state index in [-0.39, 0.29) is 0 Å². The van der Waals surface area contributed by atoms with Gasteiger partial charge in [0.25, 0.3) is 0 Å². The number of hydrogen-bond acceptors (Lipinski definition) is 3. The molecule has 2 aromatic heterocycles. The maximum absolute atomic E-state index is 6.76. The monoisotopic (exact) mass is 719 g/mol. The van der Waals surface area contributed by atoms with Gasteiger partial charge in [0.05, 0.1) is 6.54 Å². The minimum Gasteiger partial charge on any atom is -0.456 e. The molecule has 56 heavy (non-hydrogen) atoms. The zero-order chi connectivity index (χ0) is 37.2. The zero-order valence-corrected chi connectivity index (χ0v) is 30.2. The first-order valence-corrected chi connectivity index (χ1v) is 18.8. The first kappa shape index (κ1) is 32.0. The van der Waals surface area contributed by atoms with Gasteiger partial charge in [-0.1, -0.05) is 127 Å². The van der Waals surface area contributed by atoms with Crippen molar-refractivity contribution in [3.05, 3.63) is 193 Å². The molecule has 0 fully saturated rings. The molecule has 5 nitrogen and oxygen atoms in total. The largest absolute Gasteiger partial charge is 0.456 e. The van der Waals surface area contributed by atoms with E-state index in [9.17, 15) is 0 Å². The van der Waals surface area contributed by atoms with Gasteiger partial charge < -0.3 is 14.6 Å². The summed E-state index contributed by atoms with van der Waals surface area (Å²) in [5.74, 6) is 0.981. The minimum absolute atomic E-state index is 0.382. The lowest BCUT2D eigenvalue weighted by molar-refractivity contribution is 0.668. The SMILES string of the molecule is N/C(=N\C(=N/Cc1cccc2oc3ccc(-c4ccc5oc6ccc7ccccc7c6c5c4)cc3c12)c1ccc2ccccc2c1)c1ccc2ccccc2c1. The van der Waals surface area contributed by atoms with Crippen molar-refractivity contribution in [3.8, 4) is 11.1 Å². The van der Waals surface area contributed by atoms with Gasteiger partial charge in [-0.05, 0) is 97.5 Å². The molecule has 0 aliphatic carbocycles. The Morgan fingerprint density at radius 3 is 1.70 bits per heavy atom. The Morgan fingerprint density at radius 2 is 0.982 bits per heavy atom. The van der Waals surface area contributed by atoms with Crippen molar-refractivity contribution in [2.45, 2.75) is 6.54 Å². The summed E-state index contributed by atoms with van der Waals surface area (Å²) in [7, 11) is 0. The van der Waals surface area contributed by atoms with E-state index >= 15 is 0 Å². The van der Waals surface area contributed by atoms with Crippen molar-refractivity contribution in [1.82, 2.24) is 0 Å². The number of nitrogens with two attached hydrogens (primary N) is 1. The van der Waals surface area contributed by atoms with Crippen LogP contribution in [0.3, 0.4) is 0 Å². The van der Waals surface area contributed by atoms with Gasteiger partial charge in [-0.2, -0.15) is 0 Å². The second kappa shape index (κ2) is 12.8. The molecule has 5 heteroatoms. The van der Waals surface area contributed by atoms with Gasteiger partial charge in [0.1, 0.15) is 28.2 Å². The van der Waals surface area contributed by atoms with Crippen molar-refractivity contribution in [3.63, 3.8) is 0 Å². The summed E-state index contributed by atoms with van der Waals surface area (Å²) in [5, 5.41) is 11.2. The van der Waals surface area contributed by atoms with Crippen LogP contribution >= 0.6 is 0 Å². The molecule has 2 N–H and O–H groups in total. The Kier molecular flexibility index (Phi) is 7.32. The molecule has 264 valence electrons. The van der Waals surface area contributed by atoms with Crippen LogP contribution in [0.5, 0.6) is 0 Å². The van der Waals surface area contributed by atoms with Crippen molar-refractivity contribution in [2.75, 3.05) is 0 Å². The Hall–Kier alpha value is -7.50. The van der Waals surface area contributed by atoms with E-state index in [4.69, 9.17) is 24.6 Å². The molecule has 0 radical (unpaired) electrons. The molecule has 0 aliphatic rings. The second-order valence-electron chi connectivity index (χ2n) is 14.3. The van der Waals surface area contributed by atoms with E-state index in [2.05, 4.69) is 133 Å². The zero-order valence-electron chi connectivity index (χ0n) is 30.2. The lowest BCUT2D eigenvalue weighted by Crippen LogP contribution is -2.16. The van der Waals surface area contributed by atoms with Crippen LogP contribution in [0.1, 0.15) is 16.7 Å². The lowest BCUT2D eigenvalue weighted by Gasteiger charge is -2.08. The number of aliphatic imine (C=N–C) groups is 2. The van der Waals surface area contributed by atoms with Crippen LogP contribution in [-0.4, -0.2) is 11.7 Å². The summed E-state index contributed by atoms with van der Waals surface area (Å²) in [4.78, 5) is 10.2. The van der Waals surface area contributed by atoms with Gasteiger partial charge in [0.15, 0.2) is 5.84 Å². The number of rotatable bonds is 5. The molecule has 0 saturated heterocycles. The van der Waals surface area contributed by atoms with Gasteiger partial charge >= 0.3 is 0 Å². The number of fused-ring (bicyclic) bond motifs is 10. The highest BCUT2D eigenvalue weighted by Crippen LogP contribution is 2.39. The van der Waals surface area contributed by atoms with Gasteiger partial charge in [0, 0.05) is 32.7 Å². The van der Waals surface area contributed by atoms with E-state index in [1.54, 1.807) is 0 Å². The van der Waals surface area contributed by atoms with Gasteiger partial charge in [-0.25, -0.2) is 4.99 Å². The molecule has 0 aliphatic heterocycles. The highest BCUT2D eigenvalue weighted by Gasteiger charge is 2.16. The van der Waals surface area contributed by atoms with E-state index in [1.165, 1.54) is 10.8 Å². The van der Waals surface area contributed by atoms with Gasteiger partial charge in [-0.15, -0.1) is 0 Å². The summed E-state index contributed by atoms with van der Waals surface area (Å²) in [6.45, 7) is 0.382. The molecule has 0 amide bonds. The predicted octanol–water partition coefficient (Wildman–Crippen LogP) is 13.0. The molecule has 2 heterocycles. The molecule has 11 rings (SSSR count). The highest BCUT2D eigenvalue weighted by atomic mass is 16.3. The average Bonchev–Trinajstić information content (AvgIpc) is 3.83. The van der Waals surface area contributed by atoms with Crippen LogP contribution < -0.4 is 5.73 Å². The third-order valence-electron chi connectivity index (χ3n) is 11.0. The van der Waals surface area contributed by atoms with Crippen molar-refractivity contribution in [2.24, 2.45) is 15.7 Å². The summed E-state index contributed by atoms with van der Waals surface area (Å²) in [6.07, 6.45) is 0. The third kappa shape index (κ3) is 5.40. The topological polar surface area (TPSA) is 77.0 Å². The summed E-state index contributed by atoms with van der Waals surface area (Å²) in [6, 6.07) is 60.8. The van der Waals surface area contributed by atoms with E-state index in [0.29, 0.717) is 18.2 Å². The molecule has 0 atom stereocenters. The normalized spacial score (nSPS) is 12.6. The van der Waals surface area contributed by atoms with Gasteiger partial charge in [0.2, 0.25) is 0 Å². The molecule has 0 bridgehead atoms. The highest BCUT2D eigenvalue weighted by molar-refractivity contribution is 6.19. The van der Waals surface area contributed by atoms with Crippen molar-refractivity contribution in [1.29, 1.82) is 0 Å². The number of benzene rings is 9. The van der Waals surface area contributed by atoms with E-state index < -0.39 is 0 Å². The van der Waals surface area contributed by atoms with E-state index in [0.717, 1.165) is 93.2 Å². The van der Waals surface area contributed by atoms with Crippen LogP contribution in [0.4, 0.5) is 0 Å². The molecular weight excluding hydrogens is 687 g/mol. The third-order valence-corrected chi connectivity index (χ3v) is 11.0.